The van der Waals surface area contributed by atoms with Gasteiger partial charge in [-0.25, -0.2) is 18.2 Å². The Hall–Kier alpha value is -3.69. The zero-order valence-electron chi connectivity index (χ0n) is 15.7. The van der Waals surface area contributed by atoms with Crippen LogP contribution >= 0.6 is 11.6 Å². The van der Waals surface area contributed by atoms with Crippen LogP contribution in [-0.4, -0.2) is 34.6 Å². The summed E-state index contributed by atoms with van der Waals surface area (Å²) in [5, 5.41) is 19.8. The molecule has 0 atom stereocenters. The van der Waals surface area contributed by atoms with Gasteiger partial charge in [-0.3, -0.25) is 9.71 Å². The molecule has 156 valence electrons. The number of nitrogens with one attached hydrogen (secondary N) is 1. The van der Waals surface area contributed by atoms with Gasteiger partial charge < -0.3 is 10.2 Å². The van der Waals surface area contributed by atoms with Crippen LogP contribution in [-0.2, 0) is 10.0 Å². The predicted octanol–water partition coefficient (Wildman–Crippen LogP) is 4.15. The molecular weight excluding hydrogens is 442 g/mol. The van der Waals surface area contributed by atoms with Gasteiger partial charge in [-0.05, 0) is 42.0 Å². The first kappa shape index (κ1) is 20.6. The van der Waals surface area contributed by atoms with Gasteiger partial charge in [0.05, 0.1) is 11.2 Å². The molecule has 0 spiro atoms. The van der Waals surface area contributed by atoms with Crippen molar-refractivity contribution in [3.63, 3.8) is 0 Å². The quantitative estimate of drug-likeness (QED) is 0.385. The maximum absolute atomic E-state index is 12.8. The number of benzene rings is 2. The number of aromatic nitrogens is 2. The Morgan fingerprint density at radius 3 is 2.58 bits per heavy atom. The highest BCUT2D eigenvalue weighted by molar-refractivity contribution is 7.92. The number of phenols is 1. The second-order valence-corrected chi connectivity index (χ2v) is 8.60. The molecule has 4 aromatic rings. The summed E-state index contributed by atoms with van der Waals surface area (Å²) in [5.74, 6) is -1.89. The number of hydrogen-bond donors (Lipinski definition) is 3. The van der Waals surface area contributed by atoms with Crippen molar-refractivity contribution >= 4 is 44.2 Å². The summed E-state index contributed by atoms with van der Waals surface area (Å²) in [5.41, 5.74) is 1.52. The van der Waals surface area contributed by atoms with Crippen LogP contribution in [0.3, 0.4) is 0 Å². The summed E-state index contributed by atoms with van der Waals surface area (Å²) in [7, 11) is -4.09. The molecule has 0 saturated heterocycles. The first-order chi connectivity index (χ1) is 14.7. The predicted molar refractivity (Wildman–Crippen MR) is 116 cm³/mol. The SMILES string of the molecule is O=C(O)c1ccc(NS(=O)(=O)c2cnc(Cl)c(-c3ccc4ncccc4c3)c2)cc1O. The molecule has 2 aromatic carbocycles. The number of nitrogens with zero attached hydrogens (tertiary/aromatic N) is 2. The van der Waals surface area contributed by atoms with E-state index in [1.54, 1.807) is 24.4 Å². The number of aromatic hydroxyl groups is 1. The molecular formula is C21H14ClN3O5S. The maximum atomic E-state index is 12.8. The first-order valence-corrected chi connectivity index (χ1v) is 10.7. The lowest BCUT2D eigenvalue weighted by Crippen LogP contribution is -2.13. The number of pyridine rings is 2. The Bertz CT molecular complexity index is 1440. The van der Waals surface area contributed by atoms with Gasteiger partial charge in [0, 0.05) is 29.4 Å². The maximum Gasteiger partial charge on any atom is 0.339 e. The standard InChI is InChI=1S/C21H14ClN3O5S/c22-20-17(12-3-6-18-13(8-12)2-1-7-23-18)10-15(11-24-20)31(29,30)25-14-4-5-16(21(27)28)19(26)9-14/h1-11,25-26H,(H,27,28). The summed E-state index contributed by atoms with van der Waals surface area (Å²) < 4.78 is 28.0. The molecule has 8 nitrogen and oxygen atoms in total. The van der Waals surface area contributed by atoms with Gasteiger partial charge in [0.15, 0.2) is 0 Å². The fourth-order valence-corrected chi connectivity index (χ4v) is 4.24. The lowest BCUT2D eigenvalue weighted by Gasteiger charge is -2.11. The number of hydrogen-bond acceptors (Lipinski definition) is 6. The van der Waals surface area contributed by atoms with E-state index in [1.807, 2.05) is 12.1 Å². The number of rotatable bonds is 5. The summed E-state index contributed by atoms with van der Waals surface area (Å²) >= 11 is 6.23. The molecule has 31 heavy (non-hydrogen) atoms. The van der Waals surface area contributed by atoms with E-state index in [2.05, 4.69) is 14.7 Å². The number of sulfonamides is 1. The van der Waals surface area contributed by atoms with Crippen LogP contribution < -0.4 is 4.72 Å². The first-order valence-electron chi connectivity index (χ1n) is 8.84. The third kappa shape index (κ3) is 4.14. The van der Waals surface area contributed by atoms with Crippen molar-refractivity contribution in [3.8, 4) is 16.9 Å². The Balaban J connectivity index is 1.71. The molecule has 0 radical (unpaired) electrons. The Labute approximate surface area is 181 Å². The van der Waals surface area contributed by atoms with E-state index in [4.69, 9.17) is 16.7 Å². The van der Waals surface area contributed by atoms with Crippen molar-refractivity contribution in [2.45, 2.75) is 4.90 Å². The molecule has 2 aromatic heterocycles. The number of anilines is 1. The van der Waals surface area contributed by atoms with E-state index in [0.29, 0.717) is 11.1 Å². The number of carboxylic acid groups (broad SMARTS) is 1. The van der Waals surface area contributed by atoms with Gasteiger partial charge in [0.25, 0.3) is 10.0 Å². The molecule has 0 fully saturated rings. The zero-order valence-corrected chi connectivity index (χ0v) is 17.2. The fourth-order valence-electron chi connectivity index (χ4n) is 3.01. The van der Waals surface area contributed by atoms with E-state index in [0.717, 1.165) is 29.2 Å². The van der Waals surface area contributed by atoms with Gasteiger partial charge in [-0.2, -0.15) is 0 Å². The molecule has 0 amide bonds. The Morgan fingerprint density at radius 1 is 1.03 bits per heavy atom. The molecule has 0 aliphatic carbocycles. The minimum absolute atomic E-state index is 0.00391. The molecule has 4 rings (SSSR count). The van der Waals surface area contributed by atoms with E-state index >= 15 is 0 Å². The average molecular weight is 456 g/mol. The highest BCUT2D eigenvalue weighted by Crippen LogP contribution is 2.31. The molecule has 0 aliphatic rings. The van der Waals surface area contributed by atoms with Gasteiger partial charge >= 0.3 is 5.97 Å². The van der Waals surface area contributed by atoms with Crippen LogP contribution in [0.25, 0.3) is 22.0 Å². The largest absolute Gasteiger partial charge is 0.507 e. The molecule has 2 heterocycles. The van der Waals surface area contributed by atoms with Crippen molar-refractivity contribution in [1.29, 1.82) is 0 Å². The van der Waals surface area contributed by atoms with Crippen LogP contribution in [0.5, 0.6) is 5.75 Å². The van der Waals surface area contributed by atoms with E-state index < -0.39 is 21.7 Å². The lowest BCUT2D eigenvalue weighted by atomic mass is 10.1. The van der Waals surface area contributed by atoms with Gasteiger partial charge in [-0.1, -0.05) is 23.7 Å². The van der Waals surface area contributed by atoms with Crippen molar-refractivity contribution in [2.75, 3.05) is 4.72 Å². The van der Waals surface area contributed by atoms with Crippen molar-refractivity contribution in [2.24, 2.45) is 0 Å². The monoisotopic (exact) mass is 455 g/mol. The number of aromatic carboxylic acids is 1. The second kappa shape index (κ2) is 7.86. The van der Waals surface area contributed by atoms with E-state index in [1.165, 1.54) is 12.1 Å². The highest BCUT2D eigenvalue weighted by Gasteiger charge is 2.19. The van der Waals surface area contributed by atoms with Gasteiger partial charge in [0.1, 0.15) is 21.4 Å². The normalized spacial score (nSPS) is 11.4. The Morgan fingerprint density at radius 2 is 1.84 bits per heavy atom. The van der Waals surface area contributed by atoms with Crippen molar-refractivity contribution in [1.82, 2.24) is 9.97 Å². The van der Waals surface area contributed by atoms with Crippen LogP contribution in [0.2, 0.25) is 5.15 Å². The van der Waals surface area contributed by atoms with Crippen LogP contribution in [0.15, 0.2) is 71.9 Å². The number of halogens is 1. The van der Waals surface area contributed by atoms with Crippen molar-refractivity contribution < 1.29 is 23.4 Å². The lowest BCUT2D eigenvalue weighted by molar-refractivity contribution is 0.0694. The third-order valence-corrected chi connectivity index (χ3v) is 6.17. The van der Waals surface area contributed by atoms with Gasteiger partial charge in [0.2, 0.25) is 0 Å². The Kier molecular flexibility index (Phi) is 5.22. The molecule has 0 bridgehead atoms. The molecule has 0 aliphatic heterocycles. The van der Waals surface area contributed by atoms with E-state index in [9.17, 15) is 18.3 Å². The van der Waals surface area contributed by atoms with Crippen LogP contribution in [0.1, 0.15) is 10.4 Å². The minimum Gasteiger partial charge on any atom is -0.507 e. The van der Waals surface area contributed by atoms with E-state index in [-0.39, 0.29) is 21.3 Å². The number of carboxylic acids is 1. The van der Waals surface area contributed by atoms with Crippen LogP contribution in [0, 0.1) is 0 Å². The third-order valence-electron chi connectivity index (χ3n) is 4.52. The van der Waals surface area contributed by atoms with Crippen LogP contribution in [0.4, 0.5) is 5.69 Å². The fraction of sp³-hybridized carbons (Fsp3) is 0. The summed E-state index contributed by atoms with van der Waals surface area (Å²) in [6.07, 6.45) is 2.79. The van der Waals surface area contributed by atoms with Gasteiger partial charge in [-0.15, -0.1) is 0 Å². The summed E-state index contributed by atoms with van der Waals surface area (Å²) in [4.78, 5) is 19.1. The molecule has 10 heteroatoms. The average Bonchev–Trinajstić information content (AvgIpc) is 2.73. The smallest absolute Gasteiger partial charge is 0.339 e. The molecule has 0 unspecified atom stereocenters. The highest BCUT2D eigenvalue weighted by atomic mass is 35.5. The topological polar surface area (TPSA) is 129 Å². The summed E-state index contributed by atoms with van der Waals surface area (Å²) in [6, 6.07) is 13.8. The van der Waals surface area contributed by atoms with Crippen molar-refractivity contribution in [3.05, 3.63) is 77.7 Å². The number of carbonyl (C=O) groups is 1. The number of fused-ring (bicyclic) bond motifs is 1. The zero-order chi connectivity index (χ0) is 22.2. The second-order valence-electron chi connectivity index (χ2n) is 6.56. The molecule has 3 N–H and O–H groups in total. The minimum atomic E-state index is -4.09. The summed E-state index contributed by atoms with van der Waals surface area (Å²) in [6.45, 7) is 0. The molecule has 0 saturated carbocycles.